The zero-order valence-electron chi connectivity index (χ0n) is 9.79. The van der Waals surface area contributed by atoms with Gasteiger partial charge in [-0.1, -0.05) is 0 Å². The van der Waals surface area contributed by atoms with Gasteiger partial charge in [0.2, 0.25) is 11.8 Å². The highest BCUT2D eigenvalue weighted by atomic mass is 16.4. The quantitative estimate of drug-likeness (QED) is 0.276. The molecule has 0 bridgehead atoms. The molecule has 0 aromatic heterocycles. The summed E-state index contributed by atoms with van der Waals surface area (Å²) in [6.07, 6.45) is -1.32. The molecular formula is C9H17N3O6. The number of carboxylic acids is 1. The van der Waals surface area contributed by atoms with Crippen molar-refractivity contribution < 1.29 is 29.7 Å². The normalized spacial score (nSPS) is 15.3. The van der Waals surface area contributed by atoms with E-state index in [2.05, 4.69) is 5.32 Å². The van der Waals surface area contributed by atoms with Crippen LogP contribution in [-0.4, -0.2) is 64.4 Å². The number of carbonyl (C=O) groups excluding carboxylic acids is 2. The Bertz CT molecular complexity index is 319. The Morgan fingerprint density at radius 3 is 2.17 bits per heavy atom. The van der Waals surface area contributed by atoms with Gasteiger partial charge in [0.1, 0.15) is 6.04 Å². The summed E-state index contributed by atoms with van der Waals surface area (Å²) in [5, 5.41) is 30.9. The third kappa shape index (κ3) is 5.08. The van der Waals surface area contributed by atoms with Gasteiger partial charge in [-0.15, -0.1) is 0 Å². The van der Waals surface area contributed by atoms with Crippen molar-refractivity contribution in [2.75, 3.05) is 13.2 Å². The van der Waals surface area contributed by atoms with Crippen molar-refractivity contribution in [3.8, 4) is 0 Å². The van der Waals surface area contributed by atoms with Crippen LogP contribution in [0.1, 0.15) is 6.92 Å². The molecular weight excluding hydrogens is 246 g/mol. The molecule has 7 N–H and O–H groups in total. The Morgan fingerprint density at radius 1 is 1.28 bits per heavy atom. The second kappa shape index (κ2) is 7.58. The fourth-order valence-corrected chi connectivity index (χ4v) is 1.09. The molecule has 2 amide bonds. The highest BCUT2D eigenvalue weighted by Gasteiger charge is 2.28. The zero-order chi connectivity index (χ0) is 14.3. The van der Waals surface area contributed by atoms with Gasteiger partial charge in [-0.3, -0.25) is 9.59 Å². The van der Waals surface area contributed by atoms with Crippen LogP contribution >= 0.6 is 0 Å². The molecule has 0 aromatic carbocycles. The number of rotatable bonds is 7. The number of carboxylic acid groups (broad SMARTS) is 1. The molecule has 104 valence electrons. The van der Waals surface area contributed by atoms with Crippen molar-refractivity contribution in [2.45, 2.75) is 25.1 Å². The van der Waals surface area contributed by atoms with Gasteiger partial charge in [-0.05, 0) is 6.92 Å². The van der Waals surface area contributed by atoms with Gasteiger partial charge in [0.15, 0.2) is 6.04 Å². The number of amides is 2. The molecule has 18 heavy (non-hydrogen) atoms. The minimum atomic E-state index is -1.53. The van der Waals surface area contributed by atoms with Crippen LogP contribution in [0.15, 0.2) is 0 Å². The molecule has 0 aliphatic carbocycles. The third-order valence-electron chi connectivity index (χ3n) is 2.07. The fourth-order valence-electron chi connectivity index (χ4n) is 1.09. The van der Waals surface area contributed by atoms with Crippen molar-refractivity contribution in [3.05, 3.63) is 0 Å². The first-order chi connectivity index (χ1) is 8.33. The molecule has 0 heterocycles. The number of carbonyl (C=O) groups is 3. The van der Waals surface area contributed by atoms with Crippen LogP contribution < -0.4 is 16.4 Å². The first-order valence-electron chi connectivity index (χ1n) is 5.15. The Morgan fingerprint density at radius 2 is 1.83 bits per heavy atom. The Labute approximate surface area is 103 Å². The van der Waals surface area contributed by atoms with E-state index in [1.807, 2.05) is 5.32 Å². The number of hydrogen-bond acceptors (Lipinski definition) is 6. The van der Waals surface area contributed by atoms with Crippen LogP contribution in [0.25, 0.3) is 0 Å². The maximum atomic E-state index is 11.5. The van der Waals surface area contributed by atoms with Gasteiger partial charge in [-0.2, -0.15) is 0 Å². The SMILES string of the molecule is CC(O)C(NC(=O)C(CO)NC(=O)CN)C(=O)O. The van der Waals surface area contributed by atoms with Crippen molar-refractivity contribution in [1.82, 2.24) is 10.6 Å². The number of nitrogens with two attached hydrogens (primary N) is 1. The minimum Gasteiger partial charge on any atom is -0.480 e. The van der Waals surface area contributed by atoms with Crippen molar-refractivity contribution in [3.63, 3.8) is 0 Å². The van der Waals surface area contributed by atoms with Gasteiger partial charge in [0, 0.05) is 0 Å². The Hall–Kier alpha value is -1.71. The van der Waals surface area contributed by atoms with Crippen molar-refractivity contribution in [2.24, 2.45) is 5.73 Å². The first kappa shape index (κ1) is 16.3. The van der Waals surface area contributed by atoms with E-state index in [4.69, 9.17) is 21.1 Å². The summed E-state index contributed by atoms with van der Waals surface area (Å²) in [5.41, 5.74) is 5.01. The lowest BCUT2D eigenvalue weighted by molar-refractivity contribution is -0.145. The average molecular weight is 263 g/mol. The molecule has 0 aliphatic heterocycles. The minimum absolute atomic E-state index is 0.372. The summed E-state index contributed by atoms with van der Waals surface area (Å²) in [6, 6.07) is -2.84. The van der Waals surface area contributed by atoms with Crippen LogP contribution in [0.3, 0.4) is 0 Å². The van der Waals surface area contributed by atoms with Crippen LogP contribution in [0, 0.1) is 0 Å². The standard InChI is InChI=1S/C9H17N3O6/c1-4(14)7(9(17)18)12-8(16)5(3-13)11-6(15)2-10/h4-5,7,13-14H,2-3,10H2,1H3,(H,11,15)(H,12,16)(H,17,18). The van der Waals surface area contributed by atoms with E-state index < -0.39 is 42.6 Å². The summed E-state index contributed by atoms with van der Waals surface area (Å²) >= 11 is 0. The van der Waals surface area contributed by atoms with Gasteiger partial charge >= 0.3 is 5.97 Å². The van der Waals surface area contributed by atoms with E-state index >= 15 is 0 Å². The number of aliphatic carboxylic acids is 1. The third-order valence-corrected chi connectivity index (χ3v) is 2.07. The van der Waals surface area contributed by atoms with Crippen LogP contribution in [0.2, 0.25) is 0 Å². The summed E-state index contributed by atoms with van der Waals surface area (Å²) in [4.78, 5) is 33.2. The Kier molecular flexibility index (Phi) is 6.86. The highest BCUT2D eigenvalue weighted by molar-refractivity contribution is 5.91. The van der Waals surface area contributed by atoms with Crippen molar-refractivity contribution in [1.29, 1.82) is 0 Å². The molecule has 3 atom stereocenters. The van der Waals surface area contributed by atoms with Gasteiger partial charge in [0.05, 0.1) is 19.3 Å². The van der Waals surface area contributed by atoms with E-state index in [0.717, 1.165) is 0 Å². The second-order valence-electron chi connectivity index (χ2n) is 3.57. The smallest absolute Gasteiger partial charge is 0.328 e. The largest absolute Gasteiger partial charge is 0.480 e. The molecule has 0 radical (unpaired) electrons. The number of aliphatic hydroxyl groups is 2. The lowest BCUT2D eigenvalue weighted by Gasteiger charge is -2.21. The van der Waals surface area contributed by atoms with Crippen LogP contribution in [0.5, 0.6) is 0 Å². The molecule has 3 unspecified atom stereocenters. The molecule has 0 spiro atoms. The Balaban J connectivity index is 4.60. The van der Waals surface area contributed by atoms with E-state index in [0.29, 0.717) is 0 Å². The van der Waals surface area contributed by atoms with Crippen molar-refractivity contribution >= 4 is 17.8 Å². The van der Waals surface area contributed by atoms with Crippen LogP contribution in [-0.2, 0) is 14.4 Å². The number of nitrogens with one attached hydrogen (secondary N) is 2. The molecule has 9 nitrogen and oxygen atoms in total. The van der Waals surface area contributed by atoms with Gasteiger partial charge < -0.3 is 31.7 Å². The molecule has 9 heteroatoms. The maximum Gasteiger partial charge on any atom is 0.328 e. The summed E-state index contributed by atoms with van der Waals surface area (Å²) in [6.45, 7) is 0.0950. The second-order valence-corrected chi connectivity index (χ2v) is 3.57. The van der Waals surface area contributed by atoms with E-state index in [-0.39, 0.29) is 6.54 Å². The molecule has 0 rings (SSSR count). The number of aliphatic hydroxyl groups excluding tert-OH is 2. The zero-order valence-corrected chi connectivity index (χ0v) is 9.79. The van der Waals surface area contributed by atoms with E-state index in [1.165, 1.54) is 6.92 Å². The van der Waals surface area contributed by atoms with Gasteiger partial charge in [0.25, 0.3) is 0 Å². The van der Waals surface area contributed by atoms with Crippen LogP contribution in [0.4, 0.5) is 0 Å². The maximum absolute atomic E-state index is 11.5. The van der Waals surface area contributed by atoms with E-state index in [1.54, 1.807) is 0 Å². The number of hydrogen-bond donors (Lipinski definition) is 6. The monoisotopic (exact) mass is 263 g/mol. The topological polar surface area (TPSA) is 162 Å². The summed E-state index contributed by atoms with van der Waals surface area (Å²) < 4.78 is 0. The summed E-state index contributed by atoms with van der Waals surface area (Å²) in [5.74, 6) is -3.03. The fraction of sp³-hybridized carbons (Fsp3) is 0.667. The molecule has 0 aliphatic rings. The molecule has 0 fully saturated rings. The highest BCUT2D eigenvalue weighted by Crippen LogP contribution is 1.95. The van der Waals surface area contributed by atoms with E-state index in [9.17, 15) is 14.4 Å². The lowest BCUT2D eigenvalue weighted by Crippen LogP contribution is -2.56. The molecule has 0 saturated carbocycles. The predicted molar refractivity (Wildman–Crippen MR) is 59.3 cm³/mol. The average Bonchev–Trinajstić information content (AvgIpc) is 2.31. The predicted octanol–water partition coefficient (Wildman–Crippen LogP) is -3.63. The first-order valence-corrected chi connectivity index (χ1v) is 5.15. The lowest BCUT2D eigenvalue weighted by atomic mass is 10.1. The summed E-state index contributed by atoms with van der Waals surface area (Å²) in [7, 11) is 0. The molecule has 0 saturated heterocycles. The molecule has 0 aromatic rings. The van der Waals surface area contributed by atoms with Gasteiger partial charge in [-0.25, -0.2) is 4.79 Å².